The molecule has 1 saturated carbocycles. The van der Waals surface area contributed by atoms with Crippen molar-refractivity contribution in [3.8, 4) is 0 Å². The summed E-state index contributed by atoms with van der Waals surface area (Å²) < 4.78 is 0. The fraction of sp³-hybridized carbons (Fsp3) is 0.385. The minimum Gasteiger partial charge on any atom is -0.326 e. The van der Waals surface area contributed by atoms with Gasteiger partial charge in [-0.3, -0.25) is 9.59 Å². The maximum Gasteiger partial charge on any atom is 0.238 e. The first kappa shape index (κ1) is 12.6. The Morgan fingerprint density at radius 1 is 1.22 bits per heavy atom. The molecule has 1 aliphatic rings. The molecule has 0 bridgehead atoms. The molecular formula is C13H17N3O2. The molecule has 2 rings (SSSR count). The highest BCUT2D eigenvalue weighted by Gasteiger charge is 2.21. The molecule has 96 valence electrons. The van der Waals surface area contributed by atoms with Gasteiger partial charge < -0.3 is 16.0 Å². The smallest absolute Gasteiger partial charge is 0.238 e. The van der Waals surface area contributed by atoms with Crippen LogP contribution in [-0.2, 0) is 9.59 Å². The highest BCUT2D eigenvalue weighted by Crippen LogP contribution is 2.18. The van der Waals surface area contributed by atoms with Crippen LogP contribution in [0.25, 0.3) is 0 Å². The Morgan fingerprint density at radius 2 is 1.89 bits per heavy atom. The number of hydrogen-bond acceptors (Lipinski definition) is 3. The molecule has 0 spiro atoms. The molecule has 1 fully saturated rings. The van der Waals surface area contributed by atoms with Crippen LogP contribution in [0.4, 0.5) is 11.4 Å². The third-order valence-corrected chi connectivity index (χ3v) is 2.60. The van der Waals surface area contributed by atoms with E-state index in [1.54, 1.807) is 24.3 Å². The molecule has 1 aromatic carbocycles. The van der Waals surface area contributed by atoms with Crippen LogP contribution in [0, 0.1) is 0 Å². The van der Waals surface area contributed by atoms with Gasteiger partial charge >= 0.3 is 0 Å². The first-order valence-corrected chi connectivity index (χ1v) is 6.04. The topological polar surface area (TPSA) is 70.2 Å². The van der Waals surface area contributed by atoms with Crippen molar-refractivity contribution in [2.75, 3.05) is 17.2 Å². The van der Waals surface area contributed by atoms with Crippen LogP contribution < -0.4 is 16.0 Å². The molecule has 0 radical (unpaired) electrons. The summed E-state index contributed by atoms with van der Waals surface area (Å²) in [4.78, 5) is 22.5. The zero-order valence-corrected chi connectivity index (χ0v) is 10.3. The number of anilines is 2. The molecule has 2 amide bonds. The van der Waals surface area contributed by atoms with Gasteiger partial charge in [-0.2, -0.15) is 0 Å². The monoisotopic (exact) mass is 247 g/mol. The van der Waals surface area contributed by atoms with Crippen molar-refractivity contribution in [2.24, 2.45) is 0 Å². The Kier molecular flexibility index (Phi) is 3.94. The summed E-state index contributed by atoms with van der Waals surface area (Å²) in [6.45, 7) is 1.78. The predicted molar refractivity (Wildman–Crippen MR) is 70.4 cm³/mol. The van der Waals surface area contributed by atoms with Crippen molar-refractivity contribution in [3.63, 3.8) is 0 Å². The number of benzene rings is 1. The average Bonchev–Trinajstić information content (AvgIpc) is 3.09. The van der Waals surface area contributed by atoms with E-state index in [1.807, 2.05) is 0 Å². The molecule has 0 atom stereocenters. The first-order chi connectivity index (χ1) is 8.63. The molecule has 0 heterocycles. The van der Waals surface area contributed by atoms with Crippen LogP contribution in [0.2, 0.25) is 0 Å². The van der Waals surface area contributed by atoms with E-state index in [0.29, 0.717) is 24.0 Å². The Labute approximate surface area is 106 Å². The summed E-state index contributed by atoms with van der Waals surface area (Å²) >= 11 is 0. The van der Waals surface area contributed by atoms with Gasteiger partial charge in [0.25, 0.3) is 0 Å². The molecule has 1 aromatic rings. The average molecular weight is 247 g/mol. The summed E-state index contributed by atoms with van der Waals surface area (Å²) in [6, 6.07) is 7.60. The van der Waals surface area contributed by atoms with E-state index in [1.165, 1.54) is 6.92 Å². The second-order valence-corrected chi connectivity index (χ2v) is 4.47. The van der Waals surface area contributed by atoms with Crippen LogP contribution >= 0.6 is 0 Å². The summed E-state index contributed by atoms with van der Waals surface area (Å²) in [5.41, 5.74) is 1.36. The highest BCUT2D eigenvalue weighted by atomic mass is 16.2. The molecule has 0 aromatic heterocycles. The molecule has 3 N–H and O–H groups in total. The van der Waals surface area contributed by atoms with E-state index in [2.05, 4.69) is 16.0 Å². The van der Waals surface area contributed by atoms with Crippen molar-refractivity contribution in [1.29, 1.82) is 0 Å². The van der Waals surface area contributed by atoms with Crippen LogP contribution in [0.5, 0.6) is 0 Å². The van der Waals surface area contributed by atoms with Gasteiger partial charge in [0.1, 0.15) is 0 Å². The third kappa shape index (κ3) is 4.18. The van der Waals surface area contributed by atoms with Crippen LogP contribution in [0.15, 0.2) is 24.3 Å². The van der Waals surface area contributed by atoms with E-state index >= 15 is 0 Å². The minimum atomic E-state index is -0.131. The summed E-state index contributed by atoms with van der Waals surface area (Å²) in [5, 5.41) is 8.60. The lowest BCUT2D eigenvalue weighted by Gasteiger charge is -2.08. The number of carbonyl (C=O) groups is 2. The molecule has 18 heavy (non-hydrogen) atoms. The zero-order chi connectivity index (χ0) is 13.0. The summed E-state index contributed by atoms with van der Waals surface area (Å²) in [5.74, 6) is -0.198. The predicted octanol–water partition coefficient (Wildman–Crippen LogP) is 1.34. The fourth-order valence-electron chi connectivity index (χ4n) is 1.61. The van der Waals surface area contributed by atoms with Crippen LogP contribution in [0.3, 0.4) is 0 Å². The van der Waals surface area contributed by atoms with E-state index in [4.69, 9.17) is 0 Å². The van der Waals surface area contributed by atoms with Gasteiger partial charge in [0.15, 0.2) is 0 Å². The van der Waals surface area contributed by atoms with Crippen molar-refractivity contribution >= 4 is 23.2 Å². The fourth-order valence-corrected chi connectivity index (χ4v) is 1.61. The van der Waals surface area contributed by atoms with Crippen molar-refractivity contribution < 1.29 is 9.59 Å². The van der Waals surface area contributed by atoms with Gasteiger partial charge in [-0.1, -0.05) is 6.07 Å². The lowest BCUT2D eigenvalue weighted by Crippen LogP contribution is -2.29. The maximum absolute atomic E-state index is 11.6. The molecular weight excluding hydrogens is 230 g/mol. The number of nitrogens with one attached hydrogen (secondary N) is 3. The lowest BCUT2D eigenvalue weighted by molar-refractivity contribution is -0.115. The first-order valence-electron chi connectivity index (χ1n) is 6.04. The second kappa shape index (κ2) is 5.64. The van der Waals surface area contributed by atoms with Gasteiger partial charge in [-0.25, -0.2) is 0 Å². The van der Waals surface area contributed by atoms with E-state index in [0.717, 1.165) is 12.8 Å². The quantitative estimate of drug-likeness (QED) is 0.735. The van der Waals surface area contributed by atoms with Crippen LogP contribution in [0.1, 0.15) is 19.8 Å². The largest absolute Gasteiger partial charge is 0.326 e. The molecule has 5 heteroatoms. The number of amides is 2. The maximum atomic E-state index is 11.6. The molecule has 0 aliphatic heterocycles. The SMILES string of the molecule is CC(=O)Nc1cccc(NC(=O)CNC2CC2)c1. The van der Waals surface area contributed by atoms with E-state index in [-0.39, 0.29) is 11.8 Å². The van der Waals surface area contributed by atoms with E-state index in [9.17, 15) is 9.59 Å². The number of rotatable bonds is 5. The number of hydrogen-bond donors (Lipinski definition) is 3. The number of carbonyl (C=O) groups excluding carboxylic acids is 2. The normalized spacial score (nSPS) is 14.1. The van der Waals surface area contributed by atoms with Crippen LogP contribution in [-0.4, -0.2) is 24.4 Å². The van der Waals surface area contributed by atoms with Gasteiger partial charge in [0, 0.05) is 24.3 Å². The lowest BCUT2D eigenvalue weighted by atomic mass is 10.2. The van der Waals surface area contributed by atoms with Gasteiger partial charge in [0.05, 0.1) is 6.54 Å². The zero-order valence-electron chi connectivity index (χ0n) is 10.3. The van der Waals surface area contributed by atoms with Gasteiger partial charge in [-0.15, -0.1) is 0 Å². The van der Waals surface area contributed by atoms with Gasteiger partial charge in [0.2, 0.25) is 11.8 Å². The molecule has 1 aliphatic carbocycles. The summed E-state index contributed by atoms with van der Waals surface area (Å²) in [6.07, 6.45) is 2.32. The molecule has 0 unspecified atom stereocenters. The highest BCUT2D eigenvalue weighted by molar-refractivity contribution is 5.94. The van der Waals surface area contributed by atoms with Gasteiger partial charge in [-0.05, 0) is 31.0 Å². The minimum absolute atomic E-state index is 0.0677. The molecule has 0 saturated heterocycles. The standard InChI is InChI=1S/C13H17N3O2/c1-9(17)15-11-3-2-4-12(7-11)16-13(18)8-14-10-5-6-10/h2-4,7,10,14H,5-6,8H2,1H3,(H,15,17)(H,16,18). The Balaban J connectivity index is 1.86. The second-order valence-electron chi connectivity index (χ2n) is 4.47. The molecule has 5 nitrogen and oxygen atoms in total. The van der Waals surface area contributed by atoms with Crippen molar-refractivity contribution in [3.05, 3.63) is 24.3 Å². The third-order valence-electron chi connectivity index (χ3n) is 2.60. The Hall–Kier alpha value is -1.88. The van der Waals surface area contributed by atoms with Crippen molar-refractivity contribution in [2.45, 2.75) is 25.8 Å². The van der Waals surface area contributed by atoms with E-state index < -0.39 is 0 Å². The summed E-state index contributed by atoms with van der Waals surface area (Å²) in [7, 11) is 0. The Bertz CT molecular complexity index is 455. The van der Waals surface area contributed by atoms with Crippen molar-refractivity contribution in [1.82, 2.24) is 5.32 Å². The Morgan fingerprint density at radius 3 is 2.50 bits per heavy atom.